The van der Waals surface area contributed by atoms with Gasteiger partial charge < -0.3 is 15.0 Å². The molecule has 140 valence electrons. The van der Waals surface area contributed by atoms with E-state index in [-0.39, 0.29) is 22.7 Å². The summed E-state index contributed by atoms with van der Waals surface area (Å²) in [6, 6.07) is 5.99. The number of hydrogen-bond donors (Lipinski definition) is 2. The highest BCUT2D eigenvalue weighted by Gasteiger charge is 2.12. The molecule has 0 aliphatic heterocycles. The van der Waals surface area contributed by atoms with Crippen molar-refractivity contribution in [3.8, 4) is 5.75 Å². The van der Waals surface area contributed by atoms with Gasteiger partial charge in [-0.3, -0.25) is 13.8 Å². The van der Waals surface area contributed by atoms with Gasteiger partial charge in [0.2, 0.25) is 11.3 Å². The maximum Gasteiger partial charge on any atom is 0.237 e. The predicted octanol–water partition coefficient (Wildman–Crippen LogP) is 3.36. The minimum absolute atomic E-state index is 0.0467. The fourth-order valence-corrected chi connectivity index (χ4v) is 3.49. The third kappa shape index (κ3) is 6.16. The zero-order valence-electron chi connectivity index (χ0n) is 14.0. The summed E-state index contributed by atoms with van der Waals surface area (Å²) in [5.41, 5.74) is 0.569. The fourth-order valence-electron chi connectivity index (χ4n) is 2.06. The molecule has 2 rings (SSSR count). The van der Waals surface area contributed by atoms with Crippen molar-refractivity contribution >= 4 is 45.6 Å². The van der Waals surface area contributed by atoms with Crippen LogP contribution in [-0.4, -0.2) is 27.5 Å². The van der Waals surface area contributed by atoms with E-state index in [2.05, 4.69) is 10.3 Å². The van der Waals surface area contributed by atoms with Gasteiger partial charge in [0.25, 0.3) is 0 Å². The number of aromatic nitrogens is 1. The molecule has 26 heavy (non-hydrogen) atoms. The Labute approximate surface area is 163 Å². The number of hydrogen-bond acceptors (Lipinski definition) is 4. The molecule has 0 fully saturated rings. The SMILES string of the molecule is CCCOc1c[nH]c(CS(=O)CC(=O)Nc2ccc(Cl)cc2Cl)cc1=O. The van der Waals surface area contributed by atoms with Crippen LogP contribution in [0.5, 0.6) is 5.75 Å². The fraction of sp³-hybridized carbons (Fsp3) is 0.294. The molecule has 9 heteroatoms. The summed E-state index contributed by atoms with van der Waals surface area (Å²) in [5, 5.41) is 3.33. The van der Waals surface area contributed by atoms with E-state index in [9.17, 15) is 13.8 Å². The molecule has 2 N–H and O–H groups in total. The first-order valence-corrected chi connectivity index (χ1v) is 10.1. The van der Waals surface area contributed by atoms with E-state index in [1.54, 1.807) is 12.1 Å². The molecule has 0 saturated heterocycles. The molecule has 0 radical (unpaired) electrons. The molecule has 1 aromatic carbocycles. The van der Waals surface area contributed by atoms with E-state index >= 15 is 0 Å². The standard InChI is InChI=1S/C17H18Cl2N2O4S/c1-2-5-25-16-8-20-12(7-15(16)22)9-26(24)10-17(23)21-14-4-3-11(18)6-13(14)19/h3-4,6-8H,2,5,9-10H2,1H3,(H,20,22)(H,21,23). The first-order valence-electron chi connectivity index (χ1n) is 7.83. The van der Waals surface area contributed by atoms with Crippen molar-refractivity contribution in [2.45, 2.75) is 19.1 Å². The Balaban J connectivity index is 1.92. The lowest BCUT2D eigenvalue weighted by atomic mass is 10.3. The van der Waals surface area contributed by atoms with Gasteiger partial charge in [-0.05, 0) is 24.6 Å². The van der Waals surface area contributed by atoms with E-state index in [4.69, 9.17) is 27.9 Å². The number of anilines is 1. The van der Waals surface area contributed by atoms with Gasteiger partial charge in [-0.1, -0.05) is 30.1 Å². The highest BCUT2D eigenvalue weighted by atomic mass is 35.5. The molecule has 1 amide bonds. The molecule has 0 aliphatic rings. The predicted molar refractivity (Wildman–Crippen MR) is 105 cm³/mol. The summed E-state index contributed by atoms with van der Waals surface area (Å²) >= 11 is 11.8. The Morgan fingerprint density at radius 3 is 2.73 bits per heavy atom. The van der Waals surface area contributed by atoms with E-state index in [0.717, 1.165) is 6.42 Å². The molecule has 2 aromatic rings. The minimum atomic E-state index is -1.50. The van der Waals surface area contributed by atoms with Crippen molar-refractivity contribution in [3.05, 3.63) is 56.4 Å². The number of nitrogens with one attached hydrogen (secondary N) is 2. The smallest absolute Gasteiger partial charge is 0.237 e. The van der Waals surface area contributed by atoms with Crippen LogP contribution >= 0.6 is 23.2 Å². The Morgan fingerprint density at radius 1 is 1.31 bits per heavy atom. The second kappa shape index (κ2) is 9.75. The summed E-state index contributed by atoms with van der Waals surface area (Å²) in [5.74, 6) is -0.408. The number of halogens is 2. The van der Waals surface area contributed by atoms with E-state index in [0.29, 0.717) is 28.0 Å². The van der Waals surface area contributed by atoms with Gasteiger partial charge in [0, 0.05) is 33.8 Å². The molecular formula is C17H18Cl2N2O4S. The van der Waals surface area contributed by atoms with Gasteiger partial charge in [-0.2, -0.15) is 0 Å². The number of pyridine rings is 1. The van der Waals surface area contributed by atoms with Gasteiger partial charge in [0.05, 0.1) is 23.1 Å². The molecule has 0 aliphatic carbocycles. The van der Waals surface area contributed by atoms with Crippen molar-refractivity contribution in [3.63, 3.8) is 0 Å². The van der Waals surface area contributed by atoms with Gasteiger partial charge in [0.15, 0.2) is 5.75 Å². The molecule has 1 atom stereocenters. The van der Waals surface area contributed by atoms with Crippen molar-refractivity contribution in [1.82, 2.24) is 4.98 Å². The molecule has 0 bridgehead atoms. The highest BCUT2D eigenvalue weighted by molar-refractivity contribution is 7.84. The third-order valence-electron chi connectivity index (χ3n) is 3.21. The van der Waals surface area contributed by atoms with Gasteiger partial charge in [-0.25, -0.2) is 0 Å². The first kappa shape index (κ1) is 20.5. The highest BCUT2D eigenvalue weighted by Crippen LogP contribution is 2.25. The Kier molecular flexibility index (Phi) is 7.68. The maximum atomic E-state index is 12.2. The number of aromatic amines is 1. The van der Waals surface area contributed by atoms with Crippen LogP contribution in [0.3, 0.4) is 0 Å². The Hall–Kier alpha value is -1.83. The first-order chi connectivity index (χ1) is 12.4. The molecule has 1 heterocycles. The Morgan fingerprint density at radius 2 is 2.08 bits per heavy atom. The number of H-pyrrole nitrogens is 1. The average Bonchev–Trinajstić information content (AvgIpc) is 2.56. The van der Waals surface area contributed by atoms with Crippen LogP contribution in [0.15, 0.2) is 35.3 Å². The van der Waals surface area contributed by atoms with Crippen molar-refractivity contribution in [2.24, 2.45) is 0 Å². The molecule has 6 nitrogen and oxygen atoms in total. The summed E-state index contributed by atoms with van der Waals surface area (Å²) in [6.45, 7) is 2.38. The van der Waals surface area contributed by atoms with Crippen molar-refractivity contribution in [1.29, 1.82) is 0 Å². The zero-order valence-corrected chi connectivity index (χ0v) is 16.3. The van der Waals surface area contributed by atoms with Crippen LogP contribution in [0.4, 0.5) is 5.69 Å². The number of benzene rings is 1. The maximum absolute atomic E-state index is 12.2. The van der Waals surface area contributed by atoms with Gasteiger partial charge in [-0.15, -0.1) is 0 Å². The van der Waals surface area contributed by atoms with Crippen LogP contribution in [0.1, 0.15) is 19.0 Å². The van der Waals surface area contributed by atoms with E-state index < -0.39 is 16.7 Å². The van der Waals surface area contributed by atoms with E-state index in [1.807, 2.05) is 6.92 Å². The third-order valence-corrected chi connectivity index (χ3v) is 4.98. The van der Waals surface area contributed by atoms with Gasteiger partial charge >= 0.3 is 0 Å². The Bertz CT molecular complexity index is 870. The number of carbonyl (C=O) groups excluding carboxylic acids is 1. The average molecular weight is 417 g/mol. The lowest BCUT2D eigenvalue weighted by Crippen LogP contribution is -2.21. The second-order valence-corrected chi connectivity index (χ2v) is 7.74. The lowest BCUT2D eigenvalue weighted by Gasteiger charge is -2.08. The summed E-state index contributed by atoms with van der Waals surface area (Å²) in [6.07, 6.45) is 2.23. The van der Waals surface area contributed by atoms with E-state index in [1.165, 1.54) is 18.3 Å². The topological polar surface area (TPSA) is 88.3 Å². The summed E-state index contributed by atoms with van der Waals surface area (Å²) in [7, 11) is -1.50. The molecule has 1 aromatic heterocycles. The van der Waals surface area contributed by atoms with Crippen LogP contribution in [-0.2, 0) is 21.3 Å². The monoisotopic (exact) mass is 416 g/mol. The zero-order chi connectivity index (χ0) is 19.1. The minimum Gasteiger partial charge on any atom is -0.488 e. The molecule has 1 unspecified atom stereocenters. The van der Waals surface area contributed by atoms with Gasteiger partial charge in [0.1, 0.15) is 5.75 Å². The number of ether oxygens (including phenoxy) is 1. The number of rotatable bonds is 8. The lowest BCUT2D eigenvalue weighted by molar-refractivity contribution is -0.113. The second-order valence-electron chi connectivity index (χ2n) is 5.44. The summed E-state index contributed by atoms with van der Waals surface area (Å²) in [4.78, 5) is 26.8. The normalized spacial score (nSPS) is 11.8. The molecular weight excluding hydrogens is 399 g/mol. The largest absolute Gasteiger partial charge is 0.488 e. The number of carbonyl (C=O) groups is 1. The van der Waals surface area contributed by atoms with Crippen molar-refractivity contribution in [2.75, 3.05) is 17.7 Å². The number of amides is 1. The van der Waals surface area contributed by atoms with Crippen molar-refractivity contribution < 1.29 is 13.7 Å². The van der Waals surface area contributed by atoms with Crippen LogP contribution in [0, 0.1) is 0 Å². The van der Waals surface area contributed by atoms with Crippen LogP contribution in [0.2, 0.25) is 10.0 Å². The van der Waals surface area contributed by atoms with Crippen LogP contribution < -0.4 is 15.5 Å². The van der Waals surface area contributed by atoms with Crippen LogP contribution in [0.25, 0.3) is 0 Å². The molecule has 0 spiro atoms. The summed E-state index contributed by atoms with van der Waals surface area (Å²) < 4.78 is 17.5. The molecule has 0 saturated carbocycles. The quantitative estimate of drug-likeness (QED) is 0.690.